The highest BCUT2D eigenvalue weighted by molar-refractivity contribution is 5.92. The number of nitrogens with one attached hydrogen (secondary N) is 2. The molecule has 0 aliphatic carbocycles. The maximum Gasteiger partial charge on any atom is 0.328 e. The number of aromatic nitrogens is 3. The van der Waals surface area contributed by atoms with Crippen LogP contribution in [0.3, 0.4) is 0 Å². The minimum atomic E-state index is -0.366. The van der Waals surface area contributed by atoms with E-state index in [1.54, 1.807) is 20.0 Å². The van der Waals surface area contributed by atoms with Gasteiger partial charge in [0, 0.05) is 25.8 Å². The van der Waals surface area contributed by atoms with Crippen LogP contribution in [0, 0.1) is 6.92 Å². The molecule has 1 amide bonds. The lowest BCUT2D eigenvalue weighted by atomic mass is 9.88. The molecule has 32 heavy (non-hydrogen) atoms. The number of carbonyl (C=O) groups excluding carboxylic acids is 1. The zero-order chi connectivity index (χ0) is 22.8. The molecule has 1 saturated heterocycles. The van der Waals surface area contributed by atoms with Crippen LogP contribution in [0.4, 0.5) is 0 Å². The highest BCUT2D eigenvalue weighted by atomic mass is 16.2. The molecule has 3 aromatic rings. The molecule has 0 unspecified atom stereocenters. The molecular weight excluding hydrogens is 406 g/mol. The number of hydrogen-bond acceptors (Lipinski definition) is 5. The van der Waals surface area contributed by atoms with Crippen molar-refractivity contribution in [1.29, 1.82) is 0 Å². The first-order valence-electron chi connectivity index (χ1n) is 11.1. The smallest absolute Gasteiger partial charge is 0.328 e. The number of rotatable bonds is 5. The molecular formula is C24H29N5O3. The Bertz CT molecular complexity index is 1270. The van der Waals surface area contributed by atoms with E-state index in [1.807, 2.05) is 31.2 Å². The average molecular weight is 436 g/mol. The zero-order valence-corrected chi connectivity index (χ0v) is 18.8. The van der Waals surface area contributed by atoms with E-state index >= 15 is 0 Å². The van der Waals surface area contributed by atoms with Crippen molar-refractivity contribution in [1.82, 2.24) is 24.8 Å². The minimum Gasteiger partial charge on any atom is -0.354 e. The van der Waals surface area contributed by atoms with Crippen LogP contribution < -0.4 is 16.6 Å². The van der Waals surface area contributed by atoms with Crippen molar-refractivity contribution in [3.05, 3.63) is 73.7 Å². The average Bonchev–Trinajstić information content (AvgIpc) is 2.79. The van der Waals surface area contributed by atoms with E-state index in [0.29, 0.717) is 29.1 Å². The van der Waals surface area contributed by atoms with Crippen LogP contribution in [-0.4, -0.2) is 45.5 Å². The van der Waals surface area contributed by atoms with Gasteiger partial charge in [-0.3, -0.25) is 19.1 Å². The van der Waals surface area contributed by atoms with Crippen LogP contribution in [0.25, 0.3) is 10.9 Å². The van der Waals surface area contributed by atoms with Gasteiger partial charge in [-0.25, -0.2) is 9.78 Å². The summed E-state index contributed by atoms with van der Waals surface area (Å²) in [7, 11) is 1.61. The Morgan fingerprint density at radius 2 is 1.94 bits per heavy atom. The Morgan fingerprint density at radius 3 is 2.59 bits per heavy atom. The number of fused-ring (bicyclic) bond motifs is 1. The summed E-state index contributed by atoms with van der Waals surface area (Å²) in [5.74, 6) is 0.262. The van der Waals surface area contributed by atoms with Gasteiger partial charge in [-0.2, -0.15) is 0 Å². The third-order valence-electron chi connectivity index (χ3n) is 6.38. The number of aryl methyl sites for hydroxylation is 1. The van der Waals surface area contributed by atoms with E-state index in [0.717, 1.165) is 43.7 Å². The van der Waals surface area contributed by atoms with E-state index in [1.165, 1.54) is 10.1 Å². The van der Waals surface area contributed by atoms with Gasteiger partial charge >= 0.3 is 5.69 Å². The number of amides is 1. The maximum atomic E-state index is 12.5. The van der Waals surface area contributed by atoms with Crippen LogP contribution in [-0.2, 0) is 13.1 Å². The Hall–Kier alpha value is -3.26. The predicted molar refractivity (Wildman–Crippen MR) is 124 cm³/mol. The van der Waals surface area contributed by atoms with Crippen molar-refractivity contribution in [3.8, 4) is 0 Å². The first kappa shape index (κ1) is 22.0. The largest absolute Gasteiger partial charge is 0.354 e. The van der Waals surface area contributed by atoms with Crippen molar-refractivity contribution in [2.45, 2.75) is 45.7 Å². The Kier molecular flexibility index (Phi) is 6.23. The fourth-order valence-electron chi connectivity index (χ4n) is 4.61. The molecule has 3 heterocycles. The number of nitrogens with zero attached hydrogens (tertiary/aromatic N) is 3. The molecule has 8 nitrogen and oxygen atoms in total. The first-order valence-corrected chi connectivity index (χ1v) is 11.1. The fourth-order valence-corrected chi connectivity index (χ4v) is 4.61. The van der Waals surface area contributed by atoms with E-state index in [4.69, 9.17) is 0 Å². The first-order chi connectivity index (χ1) is 15.4. The van der Waals surface area contributed by atoms with Crippen molar-refractivity contribution in [2.24, 2.45) is 0 Å². The molecule has 2 aromatic heterocycles. The Morgan fingerprint density at radius 1 is 1.19 bits per heavy atom. The minimum absolute atomic E-state index is 0.167. The summed E-state index contributed by atoms with van der Waals surface area (Å²) >= 11 is 0. The van der Waals surface area contributed by atoms with E-state index in [2.05, 4.69) is 20.2 Å². The van der Waals surface area contributed by atoms with Gasteiger partial charge in [-0.05, 0) is 75.0 Å². The maximum absolute atomic E-state index is 12.5. The molecule has 0 bridgehead atoms. The number of carbonyl (C=O) groups is 1. The molecule has 0 atom stereocenters. The monoisotopic (exact) mass is 435 g/mol. The summed E-state index contributed by atoms with van der Waals surface area (Å²) < 4.78 is 1.21. The zero-order valence-electron chi connectivity index (χ0n) is 18.8. The summed E-state index contributed by atoms with van der Waals surface area (Å²) in [6, 6.07) is 9.53. The summed E-state index contributed by atoms with van der Waals surface area (Å²) in [5.41, 5.74) is 3.64. The second-order valence-electron chi connectivity index (χ2n) is 8.36. The molecule has 1 aliphatic rings. The predicted octanol–water partition coefficient (Wildman–Crippen LogP) is 2.15. The lowest BCUT2D eigenvalue weighted by Crippen LogP contribution is -2.34. The fraction of sp³-hybridized carbons (Fsp3) is 0.417. The van der Waals surface area contributed by atoms with Gasteiger partial charge in [-0.1, -0.05) is 12.1 Å². The van der Waals surface area contributed by atoms with Gasteiger partial charge in [0.2, 0.25) is 0 Å². The Balaban J connectivity index is 1.44. The SMILES string of the molecule is CCn1c(=O)[nH]c2cc(CN3CCC(c4ccc(C(=O)NC)nc4C)CC3)ccc2c1=O. The van der Waals surface area contributed by atoms with Crippen LogP contribution in [0.5, 0.6) is 0 Å². The van der Waals surface area contributed by atoms with Crippen molar-refractivity contribution in [2.75, 3.05) is 20.1 Å². The number of hydrogen-bond donors (Lipinski definition) is 2. The number of benzene rings is 1. The molecule has 1 aliphatic heterocycles. The molecule has 1 fully saturated rings. The van der Waals surface area contributed by atoms with Crippen molar-refractivity contribution < 1.29 is 4.79 Å². The standard InChI is InChI=1S/C24H29N5O3/c1-4-29-23(31)19-6-5-16(13-21(19)27-24(29)32)14-28-11-9-17(10-12-28)18-7-8-20(22(30)25-3)26-15(18)2/h5-8,13,17H,4,9-12,14H2,1-3H3,(H,25,30)(H,27,32). The lowest BCUT2D eigenvalue weighted by Gasteiger charge is -2.32. The number of aromatic amines is 1. The van der Waals surface area contributed by atoms with Gasteiger partial charge in [0.1, 0.15) is 5.69 Å². The molecule has 0 saturated carbocycles. The Labute approximate surface area is 186 Å². The van der Waals surface area contributed by atoms with Gasteiger partial charge in [0.25, 0.3) is 11.5 Å². The number of H-pyrrole nitrogens is 1. The number of likely N-dealkylation sites (tertiary alicyclic amines) is 1. The molecule has 0 spiro atoms. The van der Waals surface area contributed by atoms with Gasteiger partial charge < -0.3 is 10.3 Å². The van der Waals surface area contributed by atoms with Crippen molar-refractivity contribution >= 4 is 16.8 Å². The highest BCUT2D eigenvalue weighted by Crippen LogP contribution is 2.30. The summed E-state index contributed by atoms with van der Waals surface area (Å²) in [6.07, 6.45) is 2.04. The lowest BCUT2D eigenvalue weighted by molar-refractivity contribution is 0.0958. The second-order valence-corrected chi connectivity index (χ2v) is 8.36. The van der Waals surface area contributed by atoms with Gasteiger partial charge in [0.05, 0.1) is 10.9 Å². The summed E-state index contributed by atoms with van der Waals surface area (Å²) in [5, 5.41) is 3.15. The van der Waals surface area contributed by atoms with Crippen LogP contribution >= 0.6 is 0 Å². The van der Waals surface area contributed by atoms with Crippen LogP contribution in [0.2, 0.25) is 0 Å². The third kappa shape index (κ3) is 4.23. The van der Waals surface area contributed by atoms with Crippen LogP contribution in [0.1, 0.15) is 53.0 Å². The summed E-state index contributed by atoms with van der Waals surface area (Å²) in [6.45, 7) is 6.78. The van der Waals surface area contributed by atoms with Gasteiger partial charge in [-0.15, -0.1) is 0 Å². The quantitative estimate of drug-likeness (QED) is 0.640. The highest BCUT2D eigenvalue weighted by Gasteiger charge is 2.23. The topological polar surface area (TPSA) is 100 Å². The molecule has 4 rings (SSSR count). The van der Waals surface area contributed by atoms with Crippen molar-refractivity contribution in [3.63, 3.8) is 0 Å². The van der Waals surface area contributed by atoms with E-state index in [-0.39, 0.29) is 17.2 Å². The van der Waals surface area contributed by atoms with Gasteiger partial charge in [0.15, 0.2) is 0 Å². The number of piperidine rings is 1. The molecule has 0 radical (unpaired) electrons. The van der Waals surface area contributed by atoms with Crippen LogP contribution in [0.15, 0.2) is 39.9 Å². The second kappa shape index (κ2) is 9.08. The van der Waals surface area contributed by atoms with E-state index < -0.39 is 0 Å². The molecule has 8 heteroatoms. The third-order valence-corrected chi connectivity index (χ3v) is 6.38. The molecule has 168 valence electrons. The molecule has 1 aromatic carbocycles. The molecule has 2 N–H and O–H groups in total. The number of pyridine rings is 1. The summed E-state index contributed by atoms with van der Waals surface area (Å²) in [4.78, 5) is 46.1. The van der Waals surface area contributed by atoms with E-state index in [9.17, 15) is 14.4 Å². The normalized spacial score (nSPS) is 15.2.